The number of amides is 1. The molecule has 2 heterocycles. The first kappa shape index (κ1) is 14.0. The molecule has 21 heavy (non-hydrogen) atoms. The molecule has 0 saturated carbocycles. The minimum absolute atomic E-state index is 0.220. The number of fused-ring (bicyclic) bond motifs is 1. The van der Waals surface area contributed by atoms with E-state index in [1.54, 1.807) is 6.20 Å². The summed E-state index contributed by atoms with van der Waals surface area (Å²) in [5.74, 6) is 0.343. The zero-order valence-electron chi connectivity index (χ0n) is 11.6. The highest BCUT2D eigenvalue weighted by Crippen LogP contribution is 2.37. The van der Waals surface area contributed by atoms with E-state index in [9.17, 15) is 4.79 Å². The Labute approximate surface area is 131 Å². The van der Waals surface area contributed by atoms with Crippen LogP contribution in [0.25, 0.3) is 10.1 Å². The number of aryl methyl sites for hydroxylation is 2. The Hall–Kier alpha value is -1.91. The second-order valence-electron chi connectivity index (χ2n) is 4.82. The fraction of sp³-hybridized carbons (Fsp3) is 0.125. The number of anilines is 1. The number of carbonyl (C=O) groups excluding carboxylic acids is 1. The first-order chi connectivity index (χ1) is 10.1. The Balaban J connectivity index is 2.01. The molecule has 3 rings (SSSR count). The summed E-state index contributed by atoms with van der Waals surface area (Å²) in [5.41, 5.74) is 1.99. The zero-order chi connectivity index (χ0) is 15.0. The number of aromatic nitrogens is 1. The van der Waals surface area contributed by atoms with Crippen molar-refractivity contribution in [1.29, 1.82) is 0 Å². The number of carbonyl (C=O) groups is 1. The van der Waals surface area contributed by atoms with Crippen molar-refractivity contribution in [1.82, 2.24) is 4.98 Å². The smallest absolute Gasteiger partial charge is 0.268 e. The first-order valence-electron chi connectivity index (χ1n) is 6.48. The third-order valence-electron chi connectivity index (χ3n) is 3.31. The molecule has 0 spiro atoms. The van der Waals surface area contributed by atoms with Crippen LogP contribution < -0.4 is 5.32 Å². The van der Waals surface area contributed by atoms with E-state index >= 15 is 0 Å². The third kappa shape index (κ3) is 2.52. The zero-order valence-corrected chi connectivity index (χ0v) is 13.2. The van der Waals surface area contributed by atoms with Crippen molar-refractivity contribution in [2.24, 2.45) is 0 Å². The van der Waals surface area contributed by atoms with Crippen molar-refractivity contribution in [3.05, 3.63) is 57.6 Å². The van der Waals surface area contributed by atoms with Crippen molar-refractivity contribution in [3.63, 3.8) is 0 Å². The molecule has 0 aliphatic rings. The average molecular weight is 317 g/mol. The van der Waals surface area contributed by atoms with E-state index in [1.165, 1.54) is 11.3 Å². The number of benzene rings is 1. The van der Waals surface area contributed by atoms with Crippen LogP contribution in [0.1, 0.15) is 20.8 Å². The second-order valence-corrected chi connectivity index (χ2v) is 6.25. The maximum Gasteiger partial charge on any atom is 0.268 e. The monoisotopic (exact) mass is 316 g/mol. The van der Waals surface area contributed by atoms with Crippen molar-refractivity contribution in [2.45, 2.75) is 13.8 Å². The highest BCUT2D eigenvalue weighted by Gasteiger charge is 2.19. The fourth-order valence-corrected chi connectivity index (χ4v) is 3.78. The number of rotatable bonds is 2. The molecule has 0 bridgehead atoms. The number of halogens is 1. The predicted octanol–water partition coefficient (Wildman–Crippen LogP) is 4.82. The molecule has 106 valence electrons. The molecule has 1 amide bonds. The molecule has 3 nitrogen and oxygen atoms in total. The van der Waals surface area contributed by atoms with E-state index in [0.29, 0.717) is 15.7 Å². The predicted molar refractivity (Wildman–Crippen MR) is 88.5 cm³/mol. The van der Waals surface area contributed by atoms with E-state index < -0.39 is 0 Å². The van der Waals surface area contributed by atoms with Gasteiger partial charge in [0.25, 0.3) is 5.91 Å². The molecule has 5 heteroatoms. The minimum atomic E-state index is -0.220. The van der Waals surface area contributed by atoms with Crippen LogP contribution in [0.2, 0.25) is 5.02 Å². The van der Waals surface area contributed by atoms with Crippen LogP contribution in [0.3, 0.4) is 0 Å². The van der Waals surface area contributed by atoms with Gasteiger partial charge in [0.05, 0.1) is 5.02 Å². The summed E-state index contributed by atoms with van der Waals surface area (Å²) in [7, 11) is 0. The number of hydrogen-bond acceptors (Lipinski definition) is 3. The van der Waals surface area contributed by atoms with Crippen LogP contribution in [-0.4, -0.2) is 10.9 Å². The molecule has 2 aromatic heterocycles. The summed E-state index contributed by atoms with van der Waals surface area (Å²) in [4.78, 5) is 17.1. The van der Waals surface area contributed by atoms with Gasteiger partial charge in [0, 0.05) is 16.3 Å². The largest absolute Gasteiger partial charge is 0.306 e. The van der Waals surface area contributed by atoms with Gasteiger partial charge in [-0.2, -0.15) is 0 Å². The van der Waals surface area contributed by atoms with Crippen LogP contribution in [-0.2, 0) is 0 Å². The molecule has 0 aliphatic carbocycles. The Morgan fingerprint density at radius 2 is 1.95 bits per heavy atom. The quantitative estimate of drug-likeness (QED) is 0.736. The van der Waals surface area contributed by atoms with Gasteiger partial charge in [0.15, 0.2) is 0 Å². The normalized spacial score (nSPS) is 10.8. The minimum Gasteiger partial charge on any atom is -0.306 e. The van der Waals surface area contributed by atoms with Crippen molar-refractivity contribution in [3.8, 4) is 0 Å². The van der Waals surface area contributed by atoms with Gasteiger partial charge in [0.2, 0.25) is 0 Å². The Morgan fingerprint density at radius 3 is 2.67 bits per heavy atom. The summed E-state index contributed by atoms with van der Waals surface area (Å²) < 4.78 is 1.02. The second kappa shape index (κ2) is 5.47. The van der Waals surface area contributed by atoms with Crippen molar-refractivity contribution >= 4 is 44.7 Å². The lowest BCUT2D eigenvalue weighted by atomic mass is 10.1. The third-order valence-corrected chi connectivity index (χ3v) is 4.96. The molecular weight excluding hydrogens is 304 g/mol. The van der Waals surface area contributed by atoms with E-state index in [4.69, 9.17) is 11.6 Å². The van der Waals surface area contributed by atoms with Gasteiger partial charge in [0.1, 0.15) is 10.7 Å². The van der Waals surface area contributed by atoms with Crippen LogP contribution in [0.4, 0.5) is 5.82 Å². The first-order valence-corrected chi connectivity index (χ1v) is 7.68. The molecule has 0 aliphatic heterocycles. The Bertz CT molecular complexity index is 841. The van der Waals surface area contributed by atoms with E-state index in [2.05, 4.69) is 10.3 Å². The summed E-state index contributed by atoms with van der Waals surface area (Å²) >= 11 is 7.79. The number of pyridine rings is 1. The van der Waals surface area contributed by atoms with Gasteiger partial charge in [-0.3, -0.25) is 4.79 Å². The van der Waals surface area contributed by atoms with Crippen LogP contribution in [0.15, 0.2) is 36.5 Å². The standard InChI is InChI=1S/C16H13ClN2OS/c1-9-5-3-7-11-12(9)13(17)14(21-11)16(20)19-15-10(2)6-4-8-18-15/h3-8H,1-2H3,(H,18,19,20). The lowest BCUT2D eigenvalue weighted by Crippen LogP contribution is -2.12. The molecule has 0 unspecified atom stereocenters. The number of nitrogens with one attached hydrogen (secondary N) is 1. The Morgan fingerprint density at radius 1 is 1.19 bits per heavy atom. The van der Waals surface area contributed by atoms with Gasteiger partial charge < -0.3 is 5.32 Å². The fourth-order valence-electron chi connectivity index (χ4n) is 2.20. The van der Waals surface area contributed by atoms with E-state index in [1.807, 2.05) is 44.2 Å². The summed E-state index contributed by atoms with van der Waals surface area (Å²) in [5, 5.41) is 4.29. The van der Waals surface area contributed by atoms with Gasteiger partial charge in [-0.05, 0) is 37.1 Å². The van der Waals surface area contributed by atoms with Crippen molar-refractivity contribution in [2.75, 3.05) is 5.32 Å². The lowest BCUT2D eigenvalue weighted by molar-refractivity contribution is 0.103. The van der Waals surface area contributed by atoms with Gasteiger partial charge >= 0.3 is 0 Å². The molecule has 0 fully saturated rings. The van der Waals surface area contributed by atoms with Crippen LogP contribution >= 0.6 is 22.9 Å². The van der Waals surface area contributed by atoms with Gasteiger partial charge in [-0.1, -0.05) is 29.8 Å². The lowest BCUT2D eigenvalue weighted by Gasteiger charge is -2.05. The molecular formula is C16H13ClN2OS. The van der Waals surface area contributed by atoms with E-state index in [0.717, 1.165) is 21.2 Å². The van der Waals surface area contributed by atoms with Crippen LogP contribution in [0, 0.1) is 13.8 Å². The number of nitrogens with zero attached hydrogens (tertiary/aromatic N) is 1. The molecule has 0 atom stereocenters. The van der Waals surface area contributed by atoms with Crippen LogP contribution in [0.5, 0.6) is 0 Å². The molecule has 0 saturated heterocycles. The average Bonchev–Trinajstić information content (AvgIpc) is 2.80. The highest BCUT2D eigenvalue weighted by atomic mass is 35.5. The molecule has 3 aromatic rings. The Kier molecular flexibility index (Phi) is 3.66. The molecule has 0 radical (unpaired) electrons. The maximum absolute atomic E-state index is 12.4. The van der Waals surface area contributed by atoms with Gasteiger partial charge in [-0.15, -0.1) is 11.3 Å². The topological polar surface area (TPSA) is 42.0 Å². The summed E-state index contributed by atoms with van der Waals surface area (Å²) in [6.07, 6.45) is 1.65. The van der Waals surface area contributed by atoms with E-state index in [-0.39, 0.29) is 5.91 Å². The SMILES string of the molecule is Cc1cccnc1NC(=O)c1sc2cccc(C)c2c1Cl. The summed E-state index contributed by atoms with van der Waals surface area (Å²) in [6, 6.07) is 9.67. The maximum atomic E-state index is 12.4. The molecule has 1 N–H and O–H groups in total. The number of hydrogen-bond donors (Lipinski definition) is 1. The highest BCUT2D eigenvalue weighted by molar-refractivity contribution is 7.21. The number of thiophene rings is 1. The molecule has 1 aromatic carbocycles. The van der Waals surface area contributed by atoms with Gasteiger partial charge in [-0.25, -0.2) is 4.98 Å². The summed E-state index contributed by atoms with van der Waals surface area (Å²) in [6.45, 7) is 3.89. The van der Waals surface area contributed by atoms with Crippen molar-refractivity contribution < 1.29 is 4.79 Å².